The van der Waals surface area contributed by atoms with Crippen molar-refractivity contribution in [2.45, 2.75) is 4.90 Å². The lowest BCUT2D eigenvalue weighted by Crippen LogP contribution is -2.12. The Hall–Kier alpha value is -2.12. The van der Waals surface area contributed by atoms with Gasteiger partial charge in [-0.05, 0) is 42.5 Å². The molecule has 0 aliphatic heterocycles. The molecule has 3 rings (SSSR count). The minimum atomic E-state index is -3.61. The average Bonchev–Trinajstić information content (AvgIpc) is 2.95. The molecule has 1 heterocycles. The Morgan fingerprint density at radius 3 is 2.62 bits per heavy atom. The number of rotatable bonds is 4. The summed E-state index contributed by atoms with van der Waals surface area (Å²) in [4.78, 5) is 4.35. The molecule has 0 amide bonds. The number of benzene rings is 2. The van der Waals surface area contributed by atoms with Gasteiger partial charge in [0.2, 0.25) is 0 Å². The molecule has 0 atom stereocenters. The molecule has 0 radical (unpaired) electrons. The number of ether oxygens (including phenoxy) is 1. The first-order chi connectivity index (χ1) is 10.1. The van der Waals surface area contributed by atoms with Gasteiger partial charge in [-0.15, -0.1) is 11.3 Å². The second kappa shape index (κ2) is 5.34. The largest absolute Gasteiger partial charge is 0.497 e. The Bertz CT molecular complexity index is 871. The van der Waals surface area contributed by atoms with Gasteiger partial charge in [0, 0.05) is 5.69 Å². The normalized spacial score (nSPS) is 11.5. The zero-order valence-corrected chi connectivity index (χ0v) is 12.7. The summed E-state index contributed by atoms with van der Waals surface area (Å²) >= 11 is 1.41. The van der Waals surface area contributed by atoms with E-state index >= 15 is 0 Å². The molecule has 0 aliphatic rings. The summed E-state index contributed by atoms with van der Waals surface area (Å²) in [7, 11) is -2.06. The van der Waals surface area contributed by atoms with Gasteiger partial charge < -0.3 is 4.74 Å². The first-order valence-electron chi connectivity index (χ1n) is 6.08. The van der Waals surface area contributed by atoms with Crippen molar-refractivity contribution in [3.8, 4) is 5.75 Å². The molecule has 0 fully saturated rings. The van der Waals surface area contributed by atoms with Crippen molar-refractivity contribution in [3.05, 3.63) is 48.0 Å². The summed E-state index contributed by atoms with van der Waals surface area (Å²) in [6.45, 7) is 0. The number of hydrogen-bond donors (Lipinski definition) is 1. The minimum absolute atomic E-state index is 0.218. The van der Waals surface area contributed by atoms with Crippen LogP contribution in [0.3, 0.4) is 0 Å². The lowest BCUT2D eigenvalue weighted by molar-refractivity contribution is 0.415. The standard InChI is InChI=1S/C14H12N2O3S2/c1-19-11-4-2-10(3-5-11)16-21(17,18)12-6-7-13-14(8-12)20-9-15-13/h2-9,16H,1H3. The fourth-order valence-corrected chi connectivity index (χ4v) is 3.75. The molecule has 7 heteroatoms. The number of thiazole rings is 1. The Morgan fingerprint density at radius 2 is 1.90 bits per heavy atom. The summed E-state index contributed by atoms with van der Waals surface area (Å²) in [5.41, 5.74) is 2.97. The summed E-state index contributed by atoms with van der Waals surface area (Å²) in [5.74, 6) is 0.670. The third-order valence-corrected chi connectivity index (χ3v) is 5.13. The number of sulfonamides is 1. The molecule has 0 aliphatic carbocycles. The molecule has 0 bridgehead atoms. The van der Waals surface area contributed by atoms with Crippen molar-refractivity contribution in [3.63, 3.8) is 0 Å². The predicted octanol–water partition coefficient (Wildman–Crippen LogP) is 3.11. The Morgan fingerprint density at radius 1 is 1.14 bits per heavy atom. The van der Waals surface area contributed by atoms with Gasteiger partial charge >= 0.3 is 0 Å². The third kappa shape index (κ3) is 2.84. The average molecular weight is 320 g/mol. The van der Waals surface area contributed by atoms with Gasteiger partial charge in [0.25, 0.3) is 10.0 Å². The molecule has 108 valence electrons. The number of fused-ring (bicyclic) bond motifs is 1. The maximum Gasteiger partial charge on any atom is 0.261 e. The Labute approximate surface area is 126 Å². The van der Waals surface area contributed by atoms with Crippen LogP contribution in [-0.4, -0.2) is 20.5 Å². The fraction of sp³-hybridized carbons (Fsp3) is 0.0714. The summed E-state index contributed by atoms with van der Waals surface area (Å²) in [5, 5.41) is 0. The minimum Gasteiger partial charge on any atom is -0.497 e. The first kappa shape index (κ1) is 13.8. The lowest BCUT2D eigenvalue weighted by Gasteiger charge is -2.08. The van der Waals surface area contributed by atoms with E-state index in [2.05, 4.69) is 9.71 Å². The Balaban J connectivity index is 1.91. The highest BCUT2D eigenvalue weighted by atomic mass is 32.2. The number of nitrogens with zero attached hydrogens (tertiary/aromatic N) is 1. The smallest absolute Gasteiger partial charge is 0.261 e. The van der Waals surface area contributed by atoms with E-state index in [0.717, 1.165) is 10.2 Å². The molecule has 0 saturated heterocycles. The number of nitrogens with one attached hydrogen (secondary N) is 1. The number of aromatic nitrogens is 1. The maximum atomic E-state index is 12.4. The third-order valence-electron chi connectivity index (χ3n) is 2.96. The molecule has 0 spiro atoms. The van der Waals surface area contributed by atoms with Crippen LogP contribution in [0.5, 0.6) is 5.75 Å². The summed E-state index contributed by atoms with van der Waals surface area (Å²) < 4.78 is 33.2. The van der Waals surface area contributed by atoms with Crippen molar-refractivity contribution in [1.29, 1.82) is 0 Å². The number of hydrogen-bond acceptors (Lipinski definition) is 5. The van der Waals surface area contributed by atoms with Gasteiger partial charge in [0.15, 0.2) is 0 Å². The van der Waals surface area contributed by atoms with E-state index in [1.807, 2.05) is 0 Å². The first-order valence-corrected chi connectivity index (χ1v) is 8.45. The van der Waals surface area contributed by atoms with Crippen molar-refractivity contribution >= 4 is 37.3 Å². The SMILES string of the molecule is COc1ccc(NS(=O)(=O)c2ccc3ncsc3c2)cc1. The van der Waals surface area contributed by atoms with E-state index in [1.165, 1.54) is 11.3 Å². The van der Waals surface area contributed by atoms with Gasteiger partial charge in [-0.25, -0.2) is 13.4 Å². The quantitative estimate of drug-likeness (QED) is 0.802. The predicted molar refractivity (Wildman–Crippen MR) is 83.4 cm³/mol. The van der Waals surface area contributed by atoms with E-state index in [1.54, 1.807) is 55.1 Å². The van der Waals surface area contributed by atoms with Gasteiger partial charge in [-0.2, -0.15) is 0 Å². The van der Waals surface area contributed by atoms with Crippen LogP contribution in [0.25, 0.3) is 10.2 Å². The highest BCUT2D eigenvalue weighted by molar-refractivity contribution is 7.92. The zero-order chi connectivity index (χ0) is 14.9. The second-order valence-corrected chi connectivity index (χ2v) is 6.88. The van der Waals surface area contributed by atoms with Crippen LogP contribution in [0.4, 0.5) is 5.69 Å². The van der Waals surface area contributed by atoms with Crippen LogP contribution in [0.2, 0.25) is 0 Å². The molecule has 1 N–H and O–H groups in total. The van der Waals surface area contributed by atoms with Crippen LogP contribution >= 0.6 is 11.3 Å². The van der Waals surface area contributed by atoms with Crippen molar-refractivity contribution in [2.75, 3.05) is 11.8 Å². The summed E-state index contributed by atoms with van der Waals surface area (Å²) in [6.07, 6.45) is 0. The zero-order valence-electron chi connectivity index (χ0n) is 11.1. The highest BCUT2D eigenvalue weighted by Crippen LogP contribution is 2.24. The molecule has 0 unspecified atom stereocenters. The van der Waals surface area contributed by atoms with Crippen LogP contribution in [0.1, 0.15) is 0 Å². The van der Waals surface area contributed by atoms with E-state index in [4.69, 9.17) is 4.74 Å². The van der Waals surface area contributed by atoms with Crippen molar-refractivity contribution in [1.82, 2.24) is 4.98 Å². The van der Waals surface area contributed by atoms with Gasteiger partial charge in [-0.3, -0.25) is 4.72 Å². The van der Waals surface area contributed by atoms with Gasteiger partial charge in [0.05, 0.1) is 27.7 Å². The molecule has 0 saturated carbocycles. The molecular weight excluding hydrogens is 308 g/mol. The monoisotopic (exact) mass is 320 g/mol. The Kier molecular flexibility index (Phi) is 3.52. The van der Waals surface area contributed by atoms with Crippen LogP contribution in [-0.2, 0) is 10.0 Å². The van der Waals surface area contributed by atoms with Crippen LogP contribution in [0.15, 0.2) is 52.9 Å². The molecule has 3 aromatic rings. The van der Waals surface area contributed by atoms with E-state index < -0.39 is 10.0 Å². The highest BCUT2D eigenvalue weighted by Gasteiger charge is 2.15. The summed E-state index contributed by atoms with van der Waals surface area (Å²) in [6, 6.07) is 11.6. The molecular formula is C14H12N2O3S2. The number of methoxy groups -OCH3 is 1. The number of anilines is 1. The molecule has 2 aromatic carbocycles. The van der Waals surface area contributed by atoms with E-state index in [9.17, 15) is 8.42 Å². The molecule has 1 aromatic heterocycles. The maximum absolute atomic E-state index is 12.4. The van der Waals surface area contributed by atoms with E-state index in [0.29, 0.717) is 11.4 Å². The van der Waals surface area contributed by atoms with E-state index in [-0.39, 0.29) is 4.90 Å². The van der Waals surface area contributed by atoms with Gasteiger partial charge in [0.1, 0.15) is 5.75 Å². The van der Waals surface area contributed by atoms with Crippen molar-refractivity contribution in [2.24, 2.45) is 0 Å². The van der Waals surface area contributed by atoms with Crippen LogP contribution < -0.4 is 9.46 Å². The van der Waals surface area contributed by atoms with Crippen molar-refractivity contribution < 1.29 is 13.2 Å². The topological polar surface area (TPSA) is 68.3 Å². The molecule has 5 nitrogen and oxygen atoms in total. The second-order valence-electron chi connectivity index (χ2n) is 4.32. The van der Waals surface area contributed by atoms with Gasteiger partial charge in [-0.1, -0.05) is 0 Å². The molecule has 21 heavy (non-hydrogen) atoms. The lowest BCUT2D eigenvalue weighted by atomic mass is 10.3. The van der Waals surface area contributed by atoms with Crippen LogP contribution in [0, 0.1) is 0 Å². The fourth-order valence-electron chi connectivity index (χ4n) is 1.88.